The Labute approximate surface area is 308 Å². The number of hydrogen-bond donors (Lipinski definition) is 0. The van der Waals surface area contributed by atoms with Crippen LogP contribution in [-0.2, 0) is 13.0 Å². The van der Waals surface area contributed by atoms with Crippen molar-refractivity contribution in [3.05, 3.63) is 182 Å². The van der Waals surface area contributed by atoms with Crippen LogP contribution in [0, 0.1) is 5.41 Å². The van der Waals surface area contributed by atoms with Gasteiger partial charge in [0.2, 0.25) is 0 Å². The molecule has 0 aromatic heterocycles. The molecule has 0 heterocycles. The molecule has 0 fully saturated rings. The monoisotopic (exact) mass is 832 g/mol. The molecule has 0 aliphatic rings. The predicted molar refractivity (Wildman–Crippen MR) is 217 cm³/mol. The van der Waals surface area contributed by atoms with Crippen molar-refractivity contribution in [2.24, 2.45) is 5.41 Å². The second-order valence-electron chi connectivity index (χ2n) is 11.7. The fraction of sp³-hybridized carbons (Fsp3) is 0.122. The summed E-state index contributed by atoms with van der Waals surface area (Å²) in [4.78, 5) is 0. The van der Waals surface area contributed by atoms with Gasteiger partial charge in [-0.1, -0.05) is 189 Å². The summed E-state index contributed by atoms with van der Waals surface area (Å²) in [5, 5.41) is 8.79. The van der Waals surface area contributed by atoms with E-state index in [1.54, 1.807) is 0 Å². The molecule has 248 valence electrons. The quantitative estimate of drug-likeness (QED) is 0.0851. The van der Waals surface area contributed by atoms with Crippen molar-refractivity contribution >= 4 is 84.7 Å². The van der Waals surface area contributed by atoms with E-state index in [9.17, 15) is 0 Å². The van der Waals surface area contributed by atoms with Gasteiger partial charge in [0, 0.05) is 0 Å². The van der Waals surface area contributed by atoms with Gasteiger partial charge in [0.15, 0.2) is 0 Å². The Bertz CT molecular complexity index is 1420. The Morgan fingerprint density at radius 2 is 0.500 bits per heavy atom. The Hall–Kier alpha value is -1.90. The first-order valence-electron chi connectivity index (χ1n) is 15.7. The molecule has 0 saturated heterocycles. The summed E-state index contributed by atoms with van der Waals surface area (Å²) in [6, 6.07) is 67.7. The van der Waals surface area contributed by atoms with Crippen molar-refractivity contribution in [1.29, 1.82) is 0 Å². The molecule has 6 aromatic carbocycles. The summed E-state index contributed by atoms with van der Waals surface area (Å²) in [5.41, 5.74) is 0.0756. The summed E-state index contributed by atoms with van der Waals surface area (Å²) < 4.78 is 0. The first-order chi connectivity index (χ1) is 23.4. The van der Waals surface area contributed by atoms with Crippen LogP contribution in [0.1, 0.15) is 6.92 Å². The molecule has 48 heavy (non-hydrogen) atoms. The second-order valence-corrected chi connectivity index (χ2v) is 25.8. The number of hydrogen-bond acceptors (Lipinski definition) is 0. The average Bonchev–Trinajstić information content (AvgIpc) is 3.14. The molecule has 0 radical (unpaired) electrons. The fourth-order valence-corrected chi connectivity index (χ4v) is 14.6. The van der Waals surface area contributed by atoms with Crippen molar-refractivity contribution in [2.45, 2.75) is 6.92 Å². The van der Waals surface area contributed by atoms with E-state index >= 15 is 0 Å². The van der Waals surface area contributed by atoms with Crippen LogP contribution in [0.5, 0.6) is 0 Å². The SMILES string of the molecule is CC(CP(c1ccccc1)c1ccccc1)(CP(c1ccccc1)c1ccccc1)CP(c1ccccc1)c1ccccc1.[Cl][Rh]([Cl])[Cl]. The molecule has 6 rings (SSSR count). The summed E-state index contributed by atoms with van der Waals surface area (Å²) >= 11 is -1.66. The third-order valence-electron chi connectivity index (χ3n) is 8.03. The van der Waals surface area contributed by atoms with E-state index in [1.165, 1.54) is 31.8 Å². The van der Waals surface area contributed by atoms with E-state index in [4.69, 9.17) is 29.1 Å². The molecular weight excluding hydrogens is 795 g/mol. The van der Waals surface area contributed by atoms with Crippen LogP contribution in [0.15, 0.2) is 182 Å². The zero-order valence-electron chi connectivity index (χ0n) is 26.8. The Morgan fingerprint density at radius 3 is 0.646 bits per heavy atom. The van der Waals surface area contributed by atoms with Crippen molar-refractivity contribution in [1.82, 2.24) is 0 Å². The molecule has 0 aliphatic heterocycles. The van der Waals surface area contributed by atoms with Crippen molar-refractivity contribution in [3.8, 4) is 0 Å². The Morgan fingerprint density at radius 1 is 0.354 bits per heavy atom. The minimum absolute atomic E-state index is 0.0756. The molecule has 0 saturated carbocycles. The standard InChI is InChI=1S/C41H39P3.3ClH.Rh/c1-41(32-42(35-20-8-2-9-21-35)36-22-10-3-11-23-36,33-43(37-24-12-4-13-25-37)38-26-14-5-15-27-38)34-44(39-28-16-6-17-29-39)40-30-18-7-19-31-40;;;;/h2-31H,32-34H2,1H3;3*1H;/q;;;;+3/p-3. The van der Waals surface area contributed by atoms with Crippen LogP contribution in [0.2, 0.25) is 0 Å². The van der Waals surface area contributed by atoms with Gasteiger partial charge in [0.25, 0.3) is 0 Å². The summed E-state index contributed by atoms with van der Waals surface area (Å²) in [6.45, 7) is 2.61. The van der Waals surface area contributed by atoms with Crippen LogP contribution in [0.4, 0.5) is 0 Å². The third kappa shape index (κ3) is 11.3. The van der Waals surface area contributed by atoms with Crippen LogP contribution in [0.3, 0.4) is 0 Å². The third-order valence-corrected chi connectivity index (χ3v) is 16.8. The molecule has 0 atom stereocenters. The molecule has 0 bridgehead atoms. The van der Waals surface area contributed by atoms with Crippen LogP contribution in [-0.4, -0.2) is 18.5 Å². The second kappa shape index (κ2) is 19.5. The molecule has 0 unspecified atom stereocenters. The molecule has 0 N–H and O–H groups in total. The molecule has 6 aromatic rings. The maximum atomic E-state index is 4.94. The fourth-order valence-electron chi connectivity index (χ4n) is 5.94. The van der Waals surface area contributed by atoms with Gasteiger partial charge >= 0.3 is 42.1 Å². The first kappa shape index (κ1) is 37.4. The van der Waals surface area contributed by atoms with E-state index in [0.29, 0.717) is 0 Å². The zero-order valence-corrected chi connectivity index (χ0v) is 33.3. The normalized spacial score (nSPS) is 11.7. The molecule has 0 spiro atoms. The molecule has 0 amide bonds. The van der Waals surface area contributed by atoms with Crippen molar-refractivity contribution < 1.29 is 13.0 Å². The van der Waals surface area contributed by atoms with E-state index in [0.717, 1.165) is 18.5 Å². The average molecular weight is 834 g/mol. The summed E-state index contributed by atoms with van der Waals surface area (Å²) in [5.74, 6) is 0. The van der Waals surface area contributed by atoms with Gasteiger partial charge < -0.3 is 0 Å². The maximum absolute atomic E-state index is 4.94. The Kier molecular flexibility index (Phi) is 15.2. The Balaban J connectivity index is 0.00000107. The summed E-state index contributed by atoms with van der Waals surface area (Å²) in [7, 11) is 13.1. The number of halogens is 3. The van der Waals surface area contributed by atoms with Gasteiger partial charge in [-0.3, -0.25) is 0 Å². The van der Waals surface area contributed by atoms with Gasteiger partial charge in [-0.15, -0.1) is 0 Å². The van der Waals surface area contributed by atoms with E-state index < -0.39 is 36.7 Å². The van der Waals surface area contributed by atoms with Gasteiger partial charge in [-0.05, 0) is 79.5 Å². The topological polar surface area (TPSA) is 0 Å². The zero-order chi connectivity index (χ0) is 33.6. The number of benzene rings is 6. The van der Waals surface area contributed by atoms with E-state index in [-0.39, 0.29) is 5.41 Å². The molecule has 0 aliphatic carbocycles. The van der Waals surface area contributed by atoms with E-state index in [2.05, 4.69) is 189 Å². The van der Waals surface area contributed by atoms with Gasteiger partial charge in [-0.2, -0.15) is 0 Å². The molecular formula is C41H39Cl3P3Rh. The minimum atomic E-state index is -1.66. The first-order valence-corrected chi connectivity index (χ1v) is 26.6. The van der Waals surface area contributed by atoms with Crippen LogP contribution in [0.25, 0.3) is 0 Å². The predicted octanol–water partition coefficient (Wildman–Crippen LogP) is 10.5. The van der Waals surface area contributed by atoms with Gasteiger partial charge in [0.1, 0.15) is 0 Å². The number of rotatable bonds is 12. The van der Waals surface area contributed by atoms with Crippen LogP contribution < -0.4 is 31.8 Å². The van der Waals surface area contributed by atoms with Gasteiger partial charge in [0.05, 0.1) is 0 Å². The van der Waals surface area contributed by atoms with Crippen molar-refractivity contribution in [2.75, 3.05) is 18.5 Å². The summed E-state index contributed by atoms with van der Waals surface area (Å²) in [6.07, 6.45) is 3.44. The van der Waals surface area contributed by atoms with Crippen molar-refractivity contribution in [3.63, 3.8) is 0 Å². The molecule has 7 heteroatoms. The van der Waals surface area contributed by atoms with Crippen LogP contribution >= 0.6 is 52.8 Å². The molecule has 0 nitrogen and oxygen atoms in total. The van der Waals surface area contributed by atoms with E-state index in [1.807, 2.05) is 0 Å². The van der Waals surface area contributed by atoms with Gasteiger partial charge in [-0.25, -0.2) is 0 Å².